The van der Waals surface area contributed by atoms with Gasteiger partial charge in [0, 0.05) is 10.7 Å². The van der Waals surface area contributed by atoms with Gasteiger partial charge < -0.3 is 10.1 Å². The molecule has 0 saturated heterocycles. The summed E-state index contributed by atoms with van der Waals surface area (Å²) in [7, 11) is 0. The summed E-state index contributed by atoms with van der Waals surface area (Å²) in [5.41, 5.74) is 2.25. The third kappa shape index (κ3) is 5.57. The maximum atomic E-state index is 13.0. The van der Waals surface area contributed by atoms with E-state index in [1.54, 1.807) is 30.3 Å². The standard InChI is InChI=1S/C27H21Cl3N2O4/c1-2-3-4-16-5-12-20(13-6-16)32-25(33)23(30)24(26(32)34)31-19-10-7-17(8-11-19)27(35)36-22-14-9-18(28)15-21(22)29/h5-15,31H,2-4H2,1H3. The maximum absolute atomic E-state index is 13.0. The number of esters is 1. The molecule has 1 heterocycles. The lowest BCUT2D eigenvalue weighted by Gasteiger charge is -2.15. The lowest BCUT2D eigenvalue weighted by Crippen LogP contribution is -2.32. The molecule has 3 aromatic rings. The number of carbonyl (C=O) groups excluding carboxylic acids is 3. The van der Waals surface area contributed by atoms with Gasteiger partial charge in [0.1, 0.15) is 16.5 Å². The van der Waals surface area contributed by atoms with Crippen LogP contribution >= 0.6 is 34.8 Å². The number of nitrogens with zero attached hydrogens (tertiary/aromatic N) is 1. The molecule has 0 atom stereocenters. The molecule has 0 aliphatic carbocycles. The predicted octanol–water partition coefficient (Wildman–Crippen LogP) is 6.99. The maximum Gasteiger partial charge on any atom is 0.343 e. The van der Waals surface area contributed by atoms with E-state index < -0.39 is 17.8 Å². The Labute approximate surface area is 223 Å². The average molecular weight is 544 g/mol. The highest BCUT2D eigenvalue weighted by atomic mass is 35.5. The number of aryl methyl sites for hydroxylation is 1. The quantitative estimate of drug-likeness (QED) is 0.188. The predicted molar refractivity (Wildman–Crippen MR) is 142 cm³/mol. The number of benzene rings is 3. The number of unbranched alkanes of at least 4 members (excludes halogenated alkanes) is 1. The SMILES string of the molecule is CCCCc1ccc(N2C(=O)C(Cl)=C(Nc3ccc(C(=O)Oc4ccc(Cl)cc4Cl)cc3)C2=O)cc1. The van der Waals surface area contributed by atoms with Crippen molar-refractivity contribution in [3.63, 3.8) is 0 Å². The Hall–Kier alpha value is -3.32. The van der Waals surface area contributed by atoms with Crippen molar-refractivity contribution >= 4 is 64.0 Å². The Balaban J connectivity index is 1.44. The Bertz CT molecular complexity index is 1350. The van der Waals surface area contributed by atoms with E-state index in [0.29, 0.717) is 16.4 Å². The van der Waals surface area contributed by atoms with Crippen LogP contribution in [0, 0.1) is 0 Å². The van der Waals surface area contributed by atoms with Crippen molar-refractivity contribution in [3.8, 4) is 5.75 Å². The van der Waals surface area contributed by atoms with Crippen LogP contribution in [0.25, 0.3) is 0 Å². The van der Waals surface area contributed by atoms with Crippen LogP contribution in [-0.4, -0.2) is 17.8 Å². The monoisotopic (exact) mass is 542 g/mol. The average Bonchev–Trinajstić information content (AvgIpc) is 3.08. The van der Waals surface area contributed by atoms with E-state index in [2.05, 4.69) is 12.2 Å². The Morgan fingerprint density at radius 3 is 2.25 bits per heavy atom. The second kappa shape index (κ2) is 11.2. The summed E-state index contributed by atoms with van der Waals surface area (Å²) in [6, 6.07) is 18.0. The molecule has 3 aromatic carbocycles. The molecule has 4 rings (SSSR count). The van der Waals surface area contributed by atoms with Crippen LogP contribution in [0.3, 0.4) is 0 Å². The molecule has 184 valence electrons. The topological polar surface area (TPSA) is 75.7 Å². The number of carbonyl (C=O) groups is 3. The Morgan fingerprint density at radius 1 is 0.917 bits per heavy atom. The van der Waals surface area contributed by atoms with E-state index in [9.17, 15) is 14.4 Å². The van der Waals surface area contributed by atoms with Gasteiger partial charge in [0.2, 0.25) is 0 Å². The van der Waals surface area contributed by atoms with Crippen molar-refractivity contribution in [2.24, 2.45) is 0 Å². The zero-order valence-electron chi connectivity index (χ0n) is 19.2. The summed E-state index contributed by atoms with van der Waals surface area (Å²) < 4.78 is 5.31. The number of halogens is 3. The molecule has 6 nitrogen and oxygen atoms in total. The first-order valence-corrected chi connectivity index (χ1v) is 12.3. The molecule has 0 saturated carbocycles. The van der Waals surface area contributed by atoms with E-state index in [1.807, 2.05) is 12.1 Å². The van der Waals surface area contributed by atoms with E-state index in [4.69, 9.17) is 39.5 Å². The lowest BCUT2D eigenvalue weighted by atomic mass is 10.1. The normalized spacial score (nSPS) is 13.4. The molecule has 36 heavy (non-hydrogen) atoms. The van der Waals surface area contributed by atoms with E-state index in [0.717, 1.165) is 29.7 Å². The molecule has 0 aromatic heterocycles. The molecular formula is C27H21Cl3N2O4. The third-order valence-corrected chi connectivity index (χ3v) is 6.41. The van der Waals surface area contributed by atoms with Crippen LogP contribution < -0.4 is 15.0 Å². The number of hydrogen-bond acceptors (Lipinski definition) is 5. The van der Waals surface area contributed by atoms with Gasteiger partial charge in [-0.25, -0.2) is 9.69 Å². The Morgan fingerprint density at radius 2 is 1.61 bits per heavy atom. The van der Waals surface area contributed by atoms with Gasteiger partial charge in [-0.05, 0) is 73.0 Å². The Kier molecular flexibility index (Phi) is 7.99. The number of amides is 2. The summed E-state index contributed by atoms with van der Waals surface area (Å²) in [6.07, 6.45) is 3.08. The van der Waals surface area contributed by atoms with Crippen molar-refractivity contribution in [2.45, 2.75) is 26.2 Å². The zero-order valence-corrected chi connectivity index (χ0v) is 21.5. The van der Waals surface area contributed by atoms with E-state index in [-0.39, 0.29) is 27.1 Å². The van der Waals surface area contributed by atoms with Crippen molar-refractivity contribution in [2.75, 3.05) is 10.2 Å². The molecule has 2 amide bonds. The number of nitrogens with one attached hydrogen (secondary N) is 1. The van der Waals surface area contributed by atoms with Gasteiger partial charge >= 0.3 is 5.97 Å². The molecule has 0 spiro atoms. The molecule has 1 aliphatic rings. The van der Waals surface area contributed by atoms with Crippen molar-refractivity contribution in [3.05, 3.63) is 98.6 Å². The van der Waals surface area contributed by atoms with Crippen LogP contribution in [0.2, 0.25) is 10.0 Å². The number of hydrogen-bond donors (Lipinski definition) is 1. The molecule has 1 aliphatic heterocycles. The molecule has 0 unspecified atom stereocenters. The first kappa shape index (κ1) is 25.8. The second-order valence-electron chi connectivity index (χ2n) is 8.07. The summed E-state index contributed by atoms with van der Waals surface area (Å²) >= 11 is 18.1. The molecular weight excluding hydrogens is 523 g/mol. The van der Waals surface area contributed by atoms with Crippen LogP contribution in [0.4, 0.5) is 11.4 Å². The minimum atomic E-state index is -0.622. The zero-order chi connectivity index (χ0) is 25.8. The number of imide groups is 1. The number of ether oxygens (including phenoxy) is 1. The number of rotatable bonds is 8. The fourth-order valence-electron chi connectivity index (χ4n) is 3.59. The van der Waals surface area contributed by atoms with Crippen molar-refractivity contribution < 1.29 is 19.1 Å². The van der Waals surface area contributed by atoms with Crippen molar-refractivity contribution in [1.82, 2.24) is 0 Å². The van der Waals surface area contributed by atoms with Crippen molar-refractivity contribution in [1.29, 1.82) is 0 Å². The summed E-state index contributed by atoms with van der Waals surface area (Å²) in [6.45, 7) is 2.12. The highest BCUT2D eigenvalue weighted by Gasteiger charge is 2.38. The second-order valence-corrected chi connectivity index (χ2v) is 9.29. The fraction of sp³-hybridized carbons (Fsp3) is 0.148. The van der Waals surface area contributed by atoms with Crippen LogP contribution in [0.5, 0.6) is 5.75 Å². The molecule has 0 bridgehead atoms. The third-order valence-electron chi connectivity index (χ3n) is 5.53. The molecule has 0 fully saturated rings. The minimum Gasteiger partial charge on any atom is -0.421 e. The van der Waals surface area contributed by atoms with Crippen LogP contribution in [0.15, 0.2) is 77.5 Å². The van der Waals surface area contributed by atoms with E-state index >= 15 is 0 Å². The summed E-state index contributed by atoms with van der Waals surface area (Å²) in [5.74, 6) is -1.61. The van der Waals surface area contributed by atoms with E-state index in [1.165, 1.54) is 24.3 Å². The highest BCUT2D eigenvalue weighted by molar-refractivity contribution is 6.53. The molecule has 1 N–H and O–H groups in total. The largest absolute Gasteiger partial charge is 0.421 e. The van der Waals surface area contributed by atoms with Crippen LogP contribution in [0.1, 0.15) is 35.7 Å². The van der Waals surface area contributed by atoms with Gasteiger partial charge in [0.15, 0.2) is 0 Å². The first-order chi connectivity index (χ1) is 17.3. The molecule has 0 radical (unpaired) electrons. The summed E-state index contributed by atoms with van der Waals surface area (Å²) in [4.78, 5) is 39.3. The fourth-order valence-corrected chi connectivity index (χ4v) is 4.25. The highest BCUT2D eigenvalue weighted by Crippen LogP contribution is 2.31. The first-order valence-electron chi connectivity index (χ1n) is 11.2. The van der Waals surface area contributed by atoms with Crippen LogP contribution in [-0.2, 0) is 16.0 Å². The lowest BCUT2D eigenvalue weighted by molar-refractivity contribution is -0.120. The van der Waals surface area contributed by atoms with Gasteiger partial charge in [-0.2, -0.15) is 0 Å². The minimum absolute atomic E-state index is 0.0417. The summed E-state index contributed by atoms with van der Waals surface area (Å²) in [5, 5.41) is 3.31. The van der Waals surface area contributed by atoms with Gasteiger partial charge in [0.05, 0.1) is 16.3 Å². The van der Waals surface area contributed by atoms with Gasteiger partial charge in [-0.1, -0.05) is 60.3 Å². The smallest absolute Gasteiger partial charge is 0.343 e. The van der Waals surface area contributed by atoms with Gasteiger partial charge in [-0.15, -0.1) is 0 Å². The van der Waals surface area contributed by atoms with Gasteiger partial charge in [-0.3, -0.25) is 9.59 Å². The number of anilines is 2. The van der Waals surface area contributed by atoms with Gasteiger partial charge in [0.25, 0.3) is 11.8 Å². The molecule has 9 heteroatoms.